The van der Waals surface area contributed by atoms with Crippen molar-refractivity contribution in [3.63, 3.8) is 0 Å². The molecule has 1 N–H and O–H groups in total. The van der Waals surface area contributed by atoms with Gasteiger partial charge in [-0.25, -0.2) is 4.79 Å². The van der Waals surface area contributed by atoms with Crippen LogP contribution in [0, 0.1) is 5.92 Å². The summed E-state index contributed by atoms with van der Waals surface area (Å²) < 4.78 is 50.8. The first-order valence-electron chi connectivity index (χ1n) is 10.4. The minimum atomic E-state index is -4.67. The fourth-order valence-electron chi connectivity index (χ4n) is 3.87. The Bertz CT molecular complexity index is 893. The molecule has 2 aromatic carbocycles. The lowest BCUT2D eigenvalue weighted by molar-refractivity contribution is -0.207. The van der Waals surface area contributed by atoms with E-state index in [1.54, 1.807) is 12.0 Å². The molecule has 0 aromatic heterocycles. The van der Waals surface area contributed by atoms with Crippen molar-refractivity contribution in [1.82, 2.24) is 4.90 Å². The van der Waals surface area contributed by atoms with Crippen LogP contribution in [0.5, 0.6) is 5.75 Å². The number of methoxy groups -OCH3 is 1. The normalized spacial score (nSPS) is 18.1. The third-order valence-electron chi connectivity index (χ3n) is 5.39. The SMILES string of the molecule is COc1cccc(CC2CCCN(C[C@H](OC(=O)Nc3ccc(Cl)cc3)C(F)(F)F)C2)c1. The number of likely N-dealkylation sites (tertiary alicyclic amines) is 1. The highest BCUT2D eigenvalue weighted by Gasteiger charge is 2.44. The third-order valence-corrected chi connectivity index (χ3v) is 5.64. The zero-order chi connectivity index (χ0) is 23.1. The predicted octanol–water partition coefficient (Wildman–Crippen LogP) is 5.78. The predicted molar refractivity (Wildman–Crippen MR) is 117 cm³/mol. The summed E-state index contributed by atoms with van der Waals surface area (Å²) in [7, 11) is 1.60. The topological polar surface area (TPSA) is 50.8 Å². The van der Waals surface area contributed by atoms with Gasteiger partial charge in [-0.1, -0.05) is 23.7 Å². The van der Waals surface area contributed by atoms with Gasteiger partial charge in [0.1, 0.15) is 5.75 Å². The number of rotatable bonds is 7. The second-order valence-electron chi connectivity index (χ2n) is 7.89. The van der Waals surface area contributed by atoms with Crippen LogP contribution in [0.2, 0.25) is 5.02 Å². The van der Waals surface area contributed by atoms with Crippen molar-refractivity contribution in [2.75, 3.05) is 32.1 Å². The van der Waals surface area contributed by atoms with Crippen molar-refractivity contribution in [2.45, 2.75) is 31.5 Å². The van der Waals surface area contributed by atoms with Gasteiger partial charge in [-0.2, -0.15) is 13.2 Å². The molecule has 1 fully saturated rings. The van der Waals surface area contributed by atoms with Crippen LogP contribution in [0.4, 0.5) is 23.7 Å². The molecule has 1 aliphatic rings. The van der Waals surface area contributed by atoms with Gasteiger partial charge in [-0.05, 0) is 73.7 Å². The Kier molecular flexibility index (Phi) is 8.26. The Morgan fingerprint density at radius 1 is 1.25 bits per heavy atom. The summed E-state index contributed by atoms with van der Waals surface area (Å²) in [5.41, 5.74) is 1.39. The molecule has 9 heteroatoms. The molecule has 3 rings (SSSR count). The first kappa shape index (κ1) is 24.2. The molecule has 1 amide bonds. The van der Waals surface area contributed by atoms with E-state index in [4.69, 9.17) is 21.1 Å². The molecular formula is C23H26ClF3N2O3. The van der Waals surface area contributed by atoms with Crippen LogP contribution in [-0.4, -0.2) is 50.0 Å². The number of hydrogen-bond acceptors (Lipinski definition) is 4. The monoisotopic (exact) mass is 470 g/mol. The van der Waals surface area contributed by atoms with Crippen LogP contribution < -0.4 is 10.1 Å². The Labute approximate surface area is 190 Å². The van der Waals surface area contributed by atoms with Gasteiger partial charge in [0, 0.05) is 23.8 Å². The molecule has 0 spiro atoms. The zero-order valence-electron chi connectivity index (χ0n) is 17.7. The molecule has 32 heavy (non-hydrogen) atoms. The summed E-state index contributed by atoms with van der Waals surface area (Å²) in [6.07, 6.45) is -5.57. The summed E-state index contributed by atoms with van der Waals surface area (Å²) in [6, 6.07) is 13.7. The summed E-state index contributed by atoms with van der Waals surface area (Å²) >= 11 is 5.77. The summed E-state index contributed by atoms with van der Waals surface area (Å²) in [4.78, 5) is 13.8. The van der Waals surface area contributed by atoms with Crippen molar-refractivity contribution in [3.05, 3.63) is 59.1 Å². The third kappa shape index (κ3) is 7.31. The van der Waals surface area contributed by atoms with Crippen molar-refractivity contribution >= 4 is 23.4 Å². The fourth-order valence-corrected chi connectivity index (χ4v) is 3.99. The molecule has 0 saturated carbocycles. The zero-order valence-corrected chi connectivity index (χ0v) is 18.5. The van der Waals surface area contributed by atoms with Crippen LogP contribution in [0.1, 0.15) is 18.4 Å². The average molecular weight is 471 g/mol. The minimum absolute atomic E-state index is 0.215. The number of hydrogen-bond donors (Lipinski definition) is 1. The van der Waals surface area contributed by atoms with Gasteiger partial charge in [-0.15, -0.1) is 0 Å². The van der Waals surface area contributed by atoms with Gasteiger partial charge in [0.2, 0.25) is 6.10 Å². The lowest BCUT2D eigenvalue weighted by Gasteiger charge is -2.35. The number of amides is 1. The van der Waals surface area contributed by atoms with Crippen molar-refractivity contribution in [3.8, 4) is 5.75 Å². The Morgan fingerprint density at radius 3 is 2.69 bits per heavy atom. The molecule has 174 valence electrons. The highest BCUT2D eigenvalue weighted by atomic mass is 35.5. The molecule has 2 aromatic rings. The number of nitrogens with one attached hydrogen (secondary N) is 1. The van der Waals surface area contributed by atoms with Gasteiger partial charge in [0.15, 0.2) is 0 Å². The fraction of sp³-hybridized carbons (Fsp3) is 0.435. The first-order chi connectivity index (χ1) is 15.2. The molecule has 5 nitrogen and oxygen atoms in total. The van der Waals surface area contributed by atoms with Crippen molar-refractivity contribution in [1.29, 1.82) is 0 Å². The lowest BCUT2D eigenvalue weighted by atomic mass is 9.91. The van der Waals surface area contributed by atoms with Gasteiger partial charge in [-0.3, -0.25) is 10.2 Å². The number of carbonyl (C=O) groups excluding carboxylic acids is 1. The van der Waals surface area contributed by atoms with E-state index in [0.717, 1.165) is 30.6 Å². The average Bonchev–Trinajstić information content (AvgIpc) is 2.75. The van der Waals surface area contributed by atoms with Crippen LogP contribution in [-0.2, 0) is 11.2 Å². The molecule has 1 unspecified atom stereocenters. The molecule has 0 bridgehead atoms. The standard InChI is InChI=1S/C23H26ClF3N2O3/c1-31-20-6-2-4-16(13-20)12-17-5-3-11-29(14-17)15-21(23(25,26)27)32-22(30)28-19-9-7-18(24)8-10-19/h2,4,6-10,13,17,21H,3,5,11-12,14-15H2,1H3,(H,28,30)/t17?,21-/m0/s1. The molecule has 0 radical (unpaired) electrons. The summed E-state index contributed by atoms with van der Waals surface area (Å²) in [6.45, 7) is 0.640. The second-order valence-corrected chi connectivity index (χ2v) is 8.33. The highest BCUT2D eigenvalue weighted by molar-refractivity contribution is 6.30. The van der Waals surface area contributed by atoms with Crippen molar-refractivity contribution in [2.24, 2.45) is 5.92 Å². The highest BCUT2D eigenvalue weighted by Crippen LogP contribution is 2.28. The summed E-state index contributed by atoms with van der Waals surface area (Å²) in [5.74, 6) is 0.972. The van der Waals surface area contributed by atoms with E-state index < -0.39 is 24.9 Å². The van der Waals surface area contributed by atoms with Crippen molar-refractivity contribution < 1.29 is 27.4 Å². The van der Waals surface area contributed by atoms with E-state index in [9.17, 15) is 18.0 Å². The molecule has 1 saturated heterocycles. The Morgan fingerprint density at radius 2 is 2.00 bits per heavy atom. The first-order valence-corrected chi connectivity index (χ1v) is 10.8. The van der Waals surface area contributed by atoms with Gasteiger partial charge in [0.25, 0.3) is 0 Å². The van der Waals surface area contributed by atoms with E-state index in [0.29, 0.717) is 23.8 Å². The van der Waals surface area contributed by atoms with E-state index in [-0.39, 0.29) is 5.92 Å². The number of anilines is 1. The number of ether oxygens (including phenoxy) is 2. The molecule has 0 aliphatic carbocycles. The lowest BCUT2D eigenvalue weighted by Crippen LogP contribution is -2.47. The minimum Gasteiger partial charge on any atom is -0.497 e. The van der Waals surface area contributed by atoms with Gasteiger partial charge >= 0.3 is 12.3 Å². The van der Waals surface area contributed by atoms with Crippen LogP contribution in [0.3, 0.4) is 0 Å². The molecule has 2 atom stereocenters. The summed E-state index contributed by atoms with van der Waals surface area (Å²) in [5, 5.41) is 2.76. The quantitative estimate of drug-likeness (QED) is 0.557. The maximum absolute atomic E-state index is 13.6. The number of alkyl halides is 3. The smallest absolute Gasteiger partial charge is 0.426 e. The Hall–Kier alpha value is -2.45. The molecule has 1 aliphatic heterocycles. The molecular weight excluding hydrogens is 445 g/mol. The van der Waals surface area contributed by atoms with Crippen LogP contribution in [0.15, 0.2) is 48.5 Å². The van der Waals surface area contributed by atoms with E-state index >= 15 is 0 Å². The number of halogens is 4. The van der Waals surface area contributed by atoms with Gasteiger partial charge < -0.3 is 9.47 Å². The number of benzene rings is 2. The van der Waals surface area contributed by atoms with Crippen LogP contribution >= 0.6 is 11.6 Å². The second kappa shape index (κ2) is 10.9. The number of carbonyl (C=O) groups is 1. The maximum Gasteiger partial charge on any atom is 0.426 e. The number of piperidine rings is 1. The maximum atomic E-state index is 13.6. The van der Waals surface area contributed by atoms with E-state index in [1.807, 2.05) is 24.3 Å². The van der Waals surface area contributed by atoms with E-state index in [1.165, 1.54) is 24.3 Å². The number of nitrogens with zero attached hydrogens (tertiary/aromatic N) is 1. The van der Waals surface area contributed by atoms with Gasteiger partial charge in [0.05, 0.1) is 7.11 Å². The van der Waals surface area contributed by atoms with Crippen LogP contribution in [0.25, 0.3) is 0 Å². The van der Waals surface area contributed by atoms with E-state index in [2.05, 4.69) is 5.32 Å². The Balaban J connectivity index is 1.58. The largest absolute Gasteiger partial charge is 0.497 e. The molecule has 1 heterocycles.